The smallest absolute Gasteiger partial charge is 0.337 e. The first-order valence-corrected chi connectivity index (χ1v) is 4.84. The van der Waals surface area contributed by atoms with E-state index in [-0.39, 0.29) is 5.97 Å². The number of rotatable bonds is 4. The van der Waals surface area contributed by atoms with Crippen molar-refractivity contribution in [1.82, 2.24) is 0 Å². The van der Waals surface area contributed by atoms with Crippen molar-refractivity contribution < 1.29 is 14.3 Å². The number of hydrogen-bond acceptors (Lipinski definition) is 3. The maximum atomic E-state index is 11.2. The second kappa shape index (κ2) is 5.75. The van der Waals surface area contributed by atoms with E-state index in [1.54, 1.807) is 36.6 Å². The van der Waals surface area contributed by atoms with E-state index in [9.17, 15) is 4.79 Å². The first kappa shape index (κ1) is 12.0. The van der Waals surface area contributed by atoms with Crippen LogP contribution in [0.2, 0.25) is 0 Å². The van der Waals surface area contributed by atoms with E-state index >= 15 is 0 Å². The monoisotopic (exact) mass is 218 g/mol. The van der Waals surface area contributed by atoms with Crippen LogP contribution in [0.1, 0.15) is 22.8 Å². The summed E-state index contributed by atoms with van der Waals surface area (Å²) >= 11 is 0. The first-order chi connectivity index (χ1) is 7.69. The van der Waals surface area contributed by atoms with Gasteiger partial charge in [-0.3, -0.25) is 0 Å². The van der Waals surface area contributed by atoms with Crippen LogP contribution in [0.3, 0.4) is 0 Å². The number of hydrogen-bond donors (Lipinski definition) is 0. The van der Waals surface area contributed by atoms with Gasteiger partial charge in [0.05, 0.1) is 18.9 Å². The lowest BCUT2D eigenvalue weighted by molar-refractivity contribution is 0.0600. The average molecular weight is 218 g/mol. The quantitative estimate of drug-likeness (QED) is 0.575. The number of carbonyl (C=O) groups excluding carboxylic acids is 1. The van der Waals surface area contributed by atoms with Crippen LogP contribution in [0.25, 0.3) is 5.76 Å². The zero-order valence-corrected chi connectivity index (χ0v) is 9.40. The highest BCUT2D eigenvalue weighted by Crippen LogP contribution is 2.15. The average Bonchev–Trinajstić information content (AvgIpc) is 2.35. The molecule has 1 aromatic carbocycles. The van der Waals surface area contributed by atoms with Gasteiger partial charge in [-0.05, 0) is 19.1 Å². The van der Waals surface area contributed by atoms with Crippen molar-refractivity contribution >= 4 is 11.7 Å². The maximum Gasteiger partial charge on any atom is 0.337 e. The predicted molar refractivity (Wildman–Crippen MR) is 62.7 cm³/mol. The Morgan fingerprint density at radius 2 is 1.81 bits per heavy atom. The Kier molecular flexibility index (Phi) is 4.33. The summed E-state index contributed by atoms with van der Waals surface area (Å²) in [5.74, 6) is 0.182. The summed E-state index contributed by atoms with van der Waals surface area (Å²) < 4.78 is 9.81. The molecule has 0 N–H and O–H groups in total. The molecule has 1 aromatic rings. The van der Waals surface area contributed by atoms with Crippen LogP contribution in [-0.4, -0.2) is 13.1 Å². The minimum atomic E-state index is -0.355. The van der Waals surface area contributed by atoms with Crippen molar-refractivity contribution in [3.8, 4) is 0 Å². The molecule has 0 saturated heterocycles. The lowest BCUT2D eigenvalue weighted by Crippen LogP contribution is -2.00. The summed E-state index contributed by atoms with van der Waals surface area (Å²) in [6, 6.07) is 6.87. The van der Waals surface area contributed by atoms with Crippen molar-refractivity contribution in [3.05, 3.63) is 54.3 Å². The molecule has 0 fully saturated rings. The Hall–Kier alpha value is -2.03. The minimum Gasteiger partial charge on any atom is -0.465 e. The molecular weight excluding hydrogens is 204 g/mol. The normalized spacial score (nSPS) is 10.1. The zero-order valence-electron chi connectivity index (χ0n) is 9.40. The molecule has 0 aliphatic carbocycles. The highest BCUT2D eigenvalue weighted by atomic mass is 16.5. The van der Waals surface area contributed by atoms with Gasteiger partial charge >= 0.3 is 5.97 Å². The Bertz CT molecular complexity index is 402. The molecule has 0 aromatic heterocycles. The zero-order chi connectivity index (χ0) is 12.0. The standard InChI is InChI=1S/C13H14O3/c1-4-9-16-10(2)11-5-7-12(8-6-11)13(14)15-3/h4-9H,2H2,1,3H3/b9-4-. The molecule has 0 radical (unpaired) electrons. The third-order valence-electron chi connectivity index (χ3n) is 1.97. The molecule has 0 saturated carbocycles. The molecule has 0 atom stereocenters. The van der Waals surface area contributed by atoms with E-state index in [1.165, 1.54) is 7.11 Å². The number of esters is 1. The van der Waals surface area contributed by atoms with Crippen LogP contribution < -0.4 is 0 Å². The fourth-order valence-corrected chi connectivity index (χ4v) is 1.13. The van der Waals surface area contributed by atoms with E-state index in [2.05, 4.69) is 11.3 Å². The van der Waals surface area contributed by atoms with Crippen molar-refractivity contribution in [1.29, 1.82) is 0 Å². The van der Waals surface area contributed by atoms with Gasteiger partial charge in [0.2, 0.25) is 0 Å². The summed E-state index contributed by atoms with van der Waals surface area (Å²) in [5, 5.41) is 0. The number of ether oxygens (including phenoxy) is 2. The highest BCUT2D eigenvalue weighted by Gasteiger charge is 2.05. The molecular formula is C13H14O3. The van der Waals surface area contributed by atoms with E-state index in [0.29, 0.717) is 11.3 Å². The Morgan fingerprint density at radius 1 is 1.25 bits per heavy atom. The highest BCUT2D eigenvalue weighted by molar-refractivity contribution is 5.89. The van der Waals surface area contributed by atoms with Gasteiger partial charge in [0.25, 0.3) is 0 Å². The van der Waals surface area contributed by atoms with Crippen molar-refractivity contribution in [2.45, 2.75) is 6.92 Å². The first-order valence-electron chi connectivity index (χ1n) is 4.84. The minimum absolute atomic E-state index is 0.355. The van der Waals surface area contributed by atoms with Gasteiger partial charge in [0.15, 0.2) is 0 Å². The second-order valence-electron chi connectivity index (χ2n) is 3.08. The third-order valence-corrected chi connectivity index (χ3v) is 1.97. The van der Waals surface area contributed by atoms with Crippen LogP contribution in [0.5, 0.6) is 0 Å². The molecule has 0 heterocycles. The van der Waals surface area contributed by atoms with Gasteiger partial charge in [-0.1, -0.05) is 24.8 Å². The molecule has 1 rings (SSSR count). The number of carbonyl (C=O) groups is 1. The van der Waals surface area contributed by atoms with Gasteiger partial charge in [-0.2, -0.15) is 0 Å². The Morgan fingerprint density at radius 3 is 2.31 bits per heavy atom. The summed E-state index contributed by atoms with van der Waals surface area (Å²) in [5.41, 5.74) is 1.33. The van der Waals surface area contributed by atoms with Crippen LogP contribution in [-0.2, 0) is 9.47 Å². The van der Waals surface area contributed by atoms with E-state index in [0.717, 1.165) is 5.56 Å². The van der Waals surface area contributed by atoms with Crippen LogP contribution in [0.4, 0.5) is 0 Å². The third kappa shape index (κ3) is 2.98. The molecule has 0 aliphatic heterocycles. The fraction of sp³-hybridized carbons (Fsp3) is 0.154. The van der Waals surface area contributed by atoms with Crippen molar-refractivity contribution in [2.75, 3.05) is 7.11 Å². The van der Waals surface area contributed by atoms with Gasteiger partial charge in [-0.25, -0.2) is 4.79 Å². The SMILES string of the molecule is C=C(O/C=C\C)c1ccc(C(=O)OC)cc1. The molecule has 0 aliphatic rings. The molecule has 3 heteroatoms. The van der Waals surface area contributed by atoms with Crippen LogP contribution in [0, 0.1) is 0 Å². The van der Waals surface area contributed by atoms with Gasteiger partial charge in [0, 0.05) is 5.56 Å². The van der Waals surface area contributed by atoms with Crippen molar-refractivity contribution in [2.24, 2.45) is 0 Å². The molecule has 0 spiro atoms. The topological polar surface area (TPSA) is 35.5 Å². The van der Waals surface area contributed by atoms with E-state index in [1.807, 2.05) is 6.92 Å². The summed E-state index contributed by atoms with van der Waals surface area (Å²) in [6.07, 6.45) is 3.32. The number of allylic oxidation sites excluding steroid dienone is 1. The second-order valence-corrected chi connectivity index (χ2v) is 3.08. The van der Waals surface area contributed by atoms with E-state index < -0.39 is 0 Å². The summed E-state index contributed by atoms with van der Waals surface area (Å²) in [6.45, 7) is 5.62. The summed E-state index contributed by atoms with van der Waals surface area (Å²) in [4.78, 5) is 11.2. The van der Waals surface area contributed by atoms with Gasteiger partial charge in [-0.15, -0.1) is 0 Å². The predicted octanol–water partition coefficient (Wildman–Crippen LogP) is 2.99. The van der Waals surface area contributed by atoms with Gasteiger partial charge < -0.3 is 9.47 Å². The Balaban J connectivity index is 2.78. The molecule has 84 valence electrons. The number of benzene rings is 1. The number of methoxy groups -OCH3 is 1. The summed E-state index contributed by atoms with van der Waals surface area (Å²) in [7, 11) is 1.35. The fourth-order valence-electron chi connectivity index (χ4n) is 1.13. The molecule has 16 heavy (non-hydrogen) atoms. The molecule has 0 bridgehead atoms. The van der Waals surface area contributed by atoms with E-state index in [4.69, 9.17) is 4.74 Å². The van der Waals surface area contributed by atoms with Crippen molar-refractivity contribution in [3.63, 3.8) is 0 Å². The van der Waals surface area contributed by atoms with Crippen LogP contribution in [0.15, 0.2) is 43.2 Å². The molecule has 0 unspecified atom stereocenters. The largest absolute Gasteiger partial charge is 0.465 e. The molecule has 0 amide bonds. The van der Waals surface area contributed by atoms with Crippen LogP contribution >= 0.6 is 0 Å². The lowest BCUT2D eigenvalue weighted by atomic mass is 10.1. The van der Waals surface area contributed by atoms with Gasteiger partial charge in [0.1, 0.15) is 5.76 Å². The Labute approximate surface area is 95.0 Å². The molecule has 3 nitrogen and oxygen atoms in total. The lowest BCUT2D eigenvalue weighted by Gasteiger charge is -2.05. The maximum absolute atomic E-state index is 11.2.